The Morgan fingerprint density at radius 2 is 1.76 bits per heavy atom. The van der Waals surface area contributed by atoms with Crippen LogP contribution in [0.3, 0.4) is 0 Å². The molecule has 0 radical (unpaired) electrons. The van der Waals surface area contributed by atoms with E-state index in [0.29, 0.717) is 12.0 Å². The molecule has 1 saturated carbocycles. The highest BCUT2D eigenvalue weighted by atomic mass is 19.1. The van der Waals surface area contributed by atoms with E-state index in [1.165, 1.54) is 50.7 Å². The van der Waals surface area contributed by atoms with Crippen molar-refractivity contribution >= 4 is 11.8 Å². The molecule has 1 aliphatic rings. The quantitative estimate of drug-likeness (QED) is 0.746. The van der Waals surface area contributed by atoms with Crippen LogP contribution in [0, 0.1) is 12.7 Å². The maximum Gasteiger partial charge on any atom is 0.224 e. The Hall–Kier alpha value is -2.17. The van der Waals surface area contributed by atoms with Crippen molar-refractivity contribution in [3.63, 3.8) is 0 Å². The van der Waals surface area contributed by atoms with Crippen LogP contribution in [-0.4, -0.2) is 22.6 Å². The highest BCUT2D eigenvalue weighted by Gasteiger charge is 2.13. The van der Waals surface area contributed by atoms with Crippen molar-refractivity contribution < 1.29 is 4.39 Å². The number of anilines is 2. The molecule has 0 spiro atoms. The first-order chi connectivity index (χ1) is 12.2. The molecule has 5 heteroatoms. The molecule has 0 bridgehead atoms. The van der Waals surface area contributed by atoms with E-state index in [1.54, 1.807) is 0 Å². The topological polar surface area (TPSA) is 49.8 Å². The van der Waals surface area contributed by atoms with E-state index in [0.717, 1.165) is 30.0 Å². The van der Waals surface area contributed by atoms with Gasteiger partial charge in [0.2, 0.25) is 5.95 Å². The van der Waals surface area contributed by atoms with Gasteiger partial charge in [-0.2, -0.15) is 4.98 Å². The smallest absolute Gasteiger partial charge is 0.224 e. The first-order valence-electron chi connectivity index (χ1n) is 9.29. The molecule has 0 unspecified atom stereocenters. The molecule has 1 heterocycles. The lowest BCUT2D eigenvalue weighted by Crippen LogP contribution is -2.20. The van der Waals surface area contributed by atoms with E-state index in [-0.39, 0.29) is 5.82 Å². The zero-order valence-electron chi connectivity index (χ0n) is 14.9. The van der Waals surface area contributed by atoms with Gasteiger partial charge in [0.1, 0.15) is 11.6 Å². The molecule has 1 aliphatic carbocycles. The summed E-state index contributed by atoms with van der Waals surface area (Å²) < 4.78 is 12.9. The lowest BCUT2D eigenvalue weighted by atomic mass is 10.1. The van der Waals surface area contributed by atoms with Crippen LogP contribution < -0.4 is 10.6 Å². The van der Waals surface area contributed by atoms with Gasteiger partial charge in [-0.15, -0.1) is 0 Å². The number of halogens is 1. The van der Waals surface area contributed by atoms with Gasteiger partial charge in [-0.25, -0.2) is 9.37 Å². The monoisotopic (exact) mass is 342 g/mol. The van der Waals surface area contributed by atoms with E-state index in [4.69, 9.17) is 0 Å². The number of nitrogens with zero attached hydrogens (tertiary/aromatic N) is 2. The van der Waals surface area contributed by atoms with Crippen LogP contribution in [0.15, 0.2) is 30.3 Å². The fourth-order valence-corrected chi connectivity index (χ4v) is 3.32. The first kappa shape index (κ1) is 17.6. The molecular weight excluding hydrogens is 315 g/mol. The summed E-state index contributed by atoms with van der Waals surface area (Å²) in [5.74, 6) is 1.36. The van der Waals surface area contributed by atoms with Crippen molar-refractivity contribution in [3.8, 4) is 0 Å². The van der Waals surface area contributed by atoms with Gasteiger partial charge in [0.25, 0.3) is 0 Å². The van der Waals surface area contributed by atoms with Crippen molar-refractivity contribution in [1.82, 2.24) is 9.97 Å². The van der Waals surface area contributed by atoms with Gasteiger partial charge in [-0.3, -0.25) is 0 Å². The molecule has 0 atom stereocenters. The SMILES string of the molecule is Cc1cc(NC2CCCCCC2)nc(NCCc2ccc(F)cc2)n1. The number of aryl methyl sites for hydroxylation is 1. The Kier molecular flexibility index (Phi) is 6.20. The molecule has 4 nitrogen and oxygen atoms in total. The maximum absolute atomic E-state index is 12.9. The van der Waals surface area contributed by atoms with Crippen LogP contribution in [0.1, 0.15) is 49.8 Å². The number of hydrogen-bond donors (Lipinski definition) is 2. The minimum Gasteiger partial charge on any atom is -0.367 e. The largest absolute Gasteiger partial charge is 0.367 e. The molecule has 3 rings (SSSR count). The third-order valence-corrected chi connectivity index (χ3v) is 4.67. The van der Waals surface area contributed by atoms with Crippen molar-refractivity contribution in [3.05, 3.63) is 47.4 Å². The molecule has 1 fully saturated rings. The van der Waals surface area contributed by atoms with E-state index >= 15 is 0 Å². The van der Waals surface area contributed by atoms with Gasteiger partial charge in [-0.05, 0) is 43.9 Å². The number of rotatable bonds is 6. The molecule has 2 aromatic rings. The van der Waals surface area contributed by atoms with Gasteiger partial charge >= 0.3 is 0 Å². The molecular formula is C20H27FN4. The number of nitrogens with one attached hydrogen (secondary N) is 2. The lowest BCUT2D eigenvalue weighted by molar-refractivity contribution is 0.617. The van der Waals surface area contributed by atoms with Gasteiger partial charge in [-0.1, -0.05) is 37.8 Å². The third kappa shape index (κ3) is 5.69. The molecule has 0 saturated heterocycles. The predicted molar refractivity (Wildman–Crippen MR) is 100 cm³/mol. The Labute approximate surface area is 149 Å². The summed E-state index contributed by atoms with van der Waals surface area (Å²) in [7, 11) is 0. The van der Waals surface area contributed by atoms with Crippen LogP contribution in [0.5, 0.6) is 0 Å². The molecule has 0 aliphatic heterocycles. The van der Waals surface area contributed by atoms with E-state index in [9.17, 15) is 4.39 Å². The van der Waals surface area contributed by atoms with Crippen LogP contribution in [0.4, 0.5) is 16.2 Å². The van der Waals surface area contributed by atoms with E-state index in [2.05, 4.69) is 20.6 Å². The molecule has 0 amide bonds. The first-order valence-corrected chi connectivity index (χ1v) is 9.29. The van der Waals surface area contributed by atoms with Crippen molar-refractivity contribution in [2.75, 3.05) is 17.2 Å². The van der Waals surface area contributed by atoms with Crippen LogP contribution in [0.25, 0.3) is 0 Å². The van der Waals surface area contributed by atoms with Crippen LogP contribution in [0.2, 0.25) is 0 Å². The van der Waals surface area contributed by atoms with Crippen molar-refractivity contribution in [2.45, 2.75) is 57.9 Å². The highest BCUT2D eigenvalue weighted by molar-refractivity contribution is 5.43. The van der Waals surface area contributed by atoms with E-state index in [1.807, 2.05) is 25.1 Å². The Morgan fingerprint density at radius 1 is 1.04 bits per heavy atom. The summed E-state index contributed by atoms with van der Waals surface area (Å²) in [5, 5.41) is 6.87. The van der Waals surface area contributed by atoms with Crippen molar-refractivity contribution in [1.29, 1.82) is 0 Å². The second-order valence-electron chi connectivity index (χ2n) is 6.85. The summed E-state index contributed by atoms with van der Waals surface area (Å²) >= 11 is 0. The normalized spacial score (nSPS) is 15.6. The maximum atomic E-state index is 12.9. The minimum atomic E-state index is -0.201. The summed E-state index contributed by atoms with van der Waals surface area (Å²) in [6.45, 7) is 2.71. The average Bonchev–Trinajstić information content (AvgIpc) is 2.85. The standard InChI is InChI=1S/C20H27FN4/c1-15-14-19(24-18-6-4-2-3-5-7-18)25-20(23-15)22-13-12-16-8-10-17(21)11-9-16/h8-11,14,18H,2-7,12-13H2,1H3,(H2,22,23,24,25). The van der Waals surface area contributed by atoms with Gasteiger partial charge in [0, 0.05) is 24.3 Å². The second-order valence-corrected chi connectivity index (χ2v) is 6.85. The average molecular weight is 342 g/mol. The Balaban J connectivity index is 1.56. The molecule has 1 aromatic carbocycles. The van der Waals surface area contributed by atoms with Crippen molar-refractivity contribution in [2.24, 2.45) is 0 Å². The number of benzene rings is 1. The Bertz CT molecular complexity index is 664. The Morgan fingerprint density at radius 3 is 2.48 bits per heavy atom. The summed E-state index contributed by atoms with van der Waals surface area (Å²) in [4.78, 5) is 9.08. The number of hydrogen-bond acceptors (Lipinski definition) is 4. The summed E-state index contributed by atoms with van der Waals surface area (Å²) in [6, 6.07) is 9.14. The molecule has 2 N–H and O–H groups in total. The van der Waals surface area contributed by atoms with Gasteiger partial charge < -0.3 is 10.6 Å². The fourth-order valence-electron chi connectivity index (χ4n) is 3.32. The predicted octanol–water partition coefficient (Wildman–Crippen LogP) is 4.71. The van der Waals surface area contributed by atoms with E-state index < -0.39 is 0 Å². The lowest BCUT2D eigenvalue weighted by Gasteiger charge is -2.17. The minimum absolute atomic E-state index is 0.201. The molecule has 25 heavy (non-hydrogen) atoms. The second kappa shape index (κ2) is 8.79. The fraction of sp³-hybridized carbons (Fsp3) is 0.500. The molecule has 134 valence electrons. The van der Waals surface area contributed by atoms with Gasteiger partial charge in [0.15, 0.2) is 0 Å². The summed E-state index contributed by atoms with van der Waals surface area (Å²) in [5.41, 5.74) is 2.05. The zero-order chi connectivity index (χ0) is 17.5. The zero-order valence-corrected chi connectivity index (χ0v) is 14.9. The molecule has 1 aromatic heterocycles. The third-order valence-electron chi connectivity index (χ3n) is 4.67. The van der Waals surface area contributed by atoms with Crippen LogP contribution >= 0.6 is 0 Å². The van der Waals surface area contributed by atoms with Crippen LogP contribution in [-0.2, 0) is 6.42 Å². The highest BCUT2D eigenvalue weighted by Crippen LogP contribution is 2.21. The number of aromatic nitrogens is 2. The van der Waals surface area contributed by atoms with Gasteiger partial charge in [0.05, 0.1) is 0 Å². The summed E-state index contributed by atoms with van der Waals surface area (Å²) in [6.07, 6.45) is 8.53.